The maximum Gasteiger partial charge on any atom is 0.0634 e. The van der Waals surface area contributed by atoms with Gasteiger partial charge in [-0.3, -0.25) is 0 Å². The second-order valence-corrected chi connectivity index (χ2v) is 26.9. The van der Waals surface area contributed by atoms with E-state index in [9.17, 15) is 0 Å². The van der Waals surface area contributed by atoms with Crippen LogP contribution in [0.25, 0.3) is 98.4 Å². The maximum absolute atomic E-state index is 2.66. The minimum atomic E-state index is -0.00696. The Bertz CT molecular complexity index is 3550. The van der Waals surface area contributed by atoms with Crippen LogP contribution in [0.2, 0.25) is 0 Å². The largest absolute Gasteiger partial charge is 0.308 e. The minimum absolute atomic E-state index is 0.00696. The summed E-state index contributed by atoms with van der Waals surface area (Å²) in [7, 11) is 0. The first kappa shape index (κ1) is 44.6. The fourth-order valence-electron chi connectivity index (χ4n) is 11.3. The summed E-state index contributed by atoms with van der Waals surface area (Å²) in [6.07, 6.45) is 0. The number of aromatic nitrogens is 2. The van der Waals surface area contributed by atoms with E-state index >= 15 is 0 Å². The van der Waals surface area contributed by atoms with Gasteiger partial charge in [0.05, 0.1) is 33.1 Å². The molecule has 11 aromatic rings. The first-order valence-corrected chi connectivity index (χ1v) is 25.3. The zero-order valence-corrected chi connectivity index (χ0v) is 44.3. The third-order valence-electron chi connectivity index (χ3n) is 15.7. The standard InChI is InChI=1S/C66H72N2/c1-61(2,3)41-21-25-49-53(35-41)67-51-31-37(39-27-43(63(7,8)9)33-44(28-39)64(10,11)12)19-23-47(51)56-58-50-26-22-42(62(4,5)6)36-54(50)68-52-32-38(20-24-48(52)55(60(58)68)57(49)59(56)67)40-29-45(65(13,14)15)34-46(30-40)66(16,17)18/h19-36H,1-18H3. The van der Waals surface area contributed by atoms with Crippen LogP contribution in [0.1, 0.15) is 158 Å². The van der Waals surface area contributed by atoms with E-state index in [2.05, 4.69) is 243 Å². The average Bonchev–Trinajstić information content (AvgIpc) is 3.96. The van der Waals surface area contributed by atoms with Crippen molar-refractivity contribution in [3.8, 4) is 22.3 Å². The van der Waals surface area contributed by atoms with Crippen molar-refractivity contribution in [1.29, 1.82) is 0 Å². The molecule has 0 radical (unpaired) electrons. The molecule has 0 aliphatic rings. The van der Waals surface area contributed by atoms with Crippen LogP contribution in [0.15, 0.2) is 109 Å². The van der Waals surface area contributed by atoms with Crippen molar-refractivity contribution in [2.75, 3.05) is 0 Å². The normalized spacial score (nSPS) is 14.0. The Balaban J connectivity index is 1.32. The first-order chi connectivity index (χ1) is 31.5. The van der Waals surface area contributed by atoms with Gasteiger partial charge in [-0.25, -0.2) is 0 Å². The van der Waals surface area contributed by atoms with E-state index < -0.39 is 0 Å². The van der Waals surface area contributed by atoms with Crippen molar-refractivity contribution in [1.82, 2.24) is 8.80 Å². The molecular formula is C66H72N2. The van der Waals surface area contributed by atoms with Crippen LogP contribution in [0.5, 0.6) is 0 Å². The van der Waals surface area contributed by atoms with Crippen molar-refractivity contribution in [3.63, 3.8) is 0 Å². The molecule has 0 fully saturated rings. The van der Waals surface area contributed by atoms with Crippen LogP contribution in [0.4, 0.5) is 0 Å². The van der Waals surface area contributed by atoms with Gasteiger partial charge in [-0.15, -0.1) is 0 Å². The predicted molar refractivity (Wildman–Crippen MR) is 299 cm³/mol. The lowest BCUT2D eigenvalue weighted by Crippen LogP contribution is -2.16. The van der Waals surface area contributed by atoms with Crippen LogP contribution in [0.3, 0.4) is 0 Å². The molecule has 0 atom stereocenters. The third kappa shape index (κ3) is 6.63. The quantitative estimate of drug-likeness (QED) is 0.163. The van der Waals surface area contributed by atoms with E-state index in [1.807, 2.05) is 0 Å². The second kappa shape index (κ2) is 13.9. The molecule has 0 amide bonds. The van der Waals surface area contributed by atoms with Gasteiger partial charge >= 0.3 is 0 Å². The van der Waals surface area contributed by atoms with Crippen LogP contribution < -0.4 is 0 Å². The highest BCUT2D eigenvalue weighted by atomic mass is 14.9. The molecule has 0 aliphatic carbocycles. The minimum Gasteiger partial charge on any atom is -0.308 e. The number of rotatable bonds is 2. The van der Waals surface area contributed by atoms with Gasteiger partial charge in [0.2, 0.25) is 0 Å². The van der Waals surface area contributed by atoms with Gasteiger partial charge in [0, 0.05) is 43.1 Å². The van der Waals surface area contributed by atoms with E-state index in [-0.39, 0.29) is 32.5 Å². The zero-order chi connectivity index (χ0) is 48.7. The highest BCUT2D eigenvalue weighted by molar-refractivity contribution is 6.45. The summed E-state index contributed by atoms with van der Waals surface area (Å²) >= 11 is 0. The molecule has 2 nitrogen and oxygen atoms in total. The smallest absolute Gasteiger partial charge is 0.0634 e. The Labute approximate surface area is 405 Å². The Morgan fingerprint density at radius 1 is 0.235 bits per heavy atom. The van der Waals surface area contributed by atoms with Gasteiger partial charge in [0.25, 0.3) is 0 Å². The Morgan fingerprint density at radius 2 is 0.485 bits per heavy atom. The summed E-state index contributed by atoms with van der Waals surface area (Å²) in [4.78, 5) is 0. The molecule has 0 aliphatic heterocycles. The van der Waals surface area contributed by atoms with E-state index in [4.69, 9.17) is 0 Å². The van der Waals surface area contributed by atoms with Crippen molar-refractivity contribution >= 4 is 76.2 Å². The van der Waals surface area contributed by atoms with Crippen LogP contribution >= 0.6 is 0 Å². The monoisotopic (exact) mass is 893 g/mol. The summed E-state index contributed by atoms with van der Waals surface area (Å²) in [6.45, 7) is 42.2. The summed E-state index contributed by atoms with van der Waals surface area (Å²) in [5.41, 5.74) is 21.2. The van der Waals surface area contributed by atoms with Gasteiger partial charge < -0.3 is 8.80 Å². The molecule has 0 saturated heterocycles. The highest BCUT2D eigenvalue weighted by Crippen LogP contribution is 2.53. The van der Waals surface area contributed by atoms with Gasteiger partial charge in [0.1, 0.15) is 0 Å². The maximum atomic E-state index is 2.66. The van der Waals surface area contributed by atoms with Crippen molar-refractivity contribution in [2.45, 2.75) is 157 Å². The molecule has 0 bridgehead atoms. The number of benzene rings is 7. The van der Waals surface area contributed by atoms with Crippen LogP contribution in [0, 0.1) is 0 Å². The number of hydrogen-bond acceptors (Lipinski definition) is 0. The molecule has 7 aromatic carbocycles. The average molecular weight is 893 g/mol. The molecule has 11 rings (SSSR count). The molecule has 0 spiro atoms. The summed E-state index contributed by atoms with van der Waals surface area (Å²) in [5, 5.41) is 10.7. The van der Waals surface area contributed by atoms with Crippen molar-refractivity contribution in [3.05, 3.63) is 143 Å². The number of hydrogen-bond donors (Lipinski definition) is 0. The third-order valence-corrected chi connectivity index (χ3v) is 15.7. The lowest BCUT2D eigenvalue weighted by molar-refractivity contribution is 0.568. The van der Waals surface area contributed by atoms with Gasteiger partial charge in [0.15, 0.2) is 0 Å². The fourth-order valence-corrected chi connectivity index (χ4v) is 11.3. The predicted octanol–water partition coefficient (Wildman–Crippen LogP) is 19.1. The van der Waals surface area contributed by atoms with Crippen LogP contribution in [-0.4, -0.2) is 8.80 Å². The topological polar surface area (TPSA) is 8.82 Å². The van der Waals surface area contributed by atoms with E-state index in [1.165, 1.54) is 132 Å². The molecular weight excluding hydrogens is 821 g/mol. The zero-order valence-electron chi connectivity index (χ0n) is 44.3. The van der Waals surface area contributed by atoms with Gasteiger partial charge in [-0.05, 0) is 112 Å². The lowest BCUT2D eigenvalue weighted by Gasteiger charge is -2.26. The molecule has 0 unspecified atom stereocenters. The Morgan fingerprint density at radius 3 is 0.750 bits per heavy atom. The molecule has 0 saturated carbocycles. The summed E-state index contributed by atoms with van der Waals surface area (Å²) in [6, 6.07) is 44.1. The van der Waals surface area contributed by atoms with E-state index in [0.29, 0.717) is 0 Å². The second-order valence-electron chi connectivity index (χ2n) is 26.9. The number of fused-ring (bicyclic) bond motifs is 14. The lowest BCUT2D eigenvalue weighted by atomic mass is 9.79. The molecule has 4 aromatic heterocycles. The van der Waals surface area contributed by atoms with E-state index in [0.717, 1.165) is 0 Å². The van der Waals surface area contributed by atoms with Gasteiger partial charge in [-0.1, -0.05) is 210 Å². The van der Waals surface area contributed by atoms with Crippen LogP contribution in [-0.2, 0) is 32.5 Å². The Kier molecular flexibility index (Phi) is 9.12. The molecule has 68 heavy (non-hydrogen) atoms. The SMILES string of the molecule is CC(C)(C)c1cc(-c2ccc3c4c5c6ccc(C(C)(C)C)cc6n6c7cc(-c8cc(C(C)(C)C)cc(C(C)(C)C)c8)ccc7c(c7c8ccc(C(C)(C)C)cc8n(c3c2)c47)c56)cc(C(C)(C)C)c1. The molecule has 4 heterocycles. The van der Waals surface area contributed by atoms with Crippen molar-refractivity contribution in [2.24, 2.45) is 0 Å². The highest BCUT2D eigenvalue weighted by Gasteiger charge is 2.31. The molecule has 0 N–H and O–H groups in total. The first-order valence-electron chi connectivity index (χ1n) is 25.3. The van der Waals surface area contributed by atoms with E-state index in [1.54, 1.807) is 0 Å². The Hall–Kier alpha value is -5.86. The van der Waals surface area contributed by atoms with Gasteiger partial charge in [-0.2, -0.15) is 0 Å². The number of nitrogens with zero attached hydrogens (tertiary/aromatic N) is 2. The fraction of sp³-hybridized carbons (Fsp3) is 0.364. The molecule has 346 valence electrons. The summed E-state index contributed by atoms with van der Waals surface area (Å²) < 4.78 is 5.32. The molecule has 2 heteroatoms. The van der Waals surface area contributed by atoms with Crippen molar-refractivity contribution < 1.29 is 0 Å². The summed E-state index contributed by atoms with van der Waals surface area (Å²) in [5.74, 6) is 0.